The van der Waals surface area contributed by atoms with Crippen molar-refractivity contribution in [2.24, 2.45) is 4.99 Å². The Morgan fingerprint density at radius 3 is 1.86 bits per heavy atom. The number of hydrogen-bond donors (Lipinski definition) is 0. The summed E-state index contributed by atoms with van der Waals surface area (Å²) in [5.74, 6) is 0.869. The molecule has 0 saturated heterocycles. The van der Waals surface area contributed by atoms with Gasteiger partial charge in [0.1, 0.15) is 5.75 Å². The third-order valence-electron chi connectivity index (χ3n) is 5.23. The van der Waals surface area contributed by atoms with Gasteiger partial charge in [0.25, 0.3) is 0 Å². The quantitative estimate of drug-likeness (QED) is 0.241. The molecule has 0 aliphatic carbocycles. The summed E-state index contributed by atoms with van der Waals surface area (Å²) in [5, 5.41) is 0. The van der Waals surface area contributed by atoms with E-state index in [4.69, 9.17) is 4.74 Å². The van der Waals surface area contributed by atoms with E-state index in [9.17, 15) is 0 Å². The Kier molecular flexibility index (Phi) is 11.1. The maximum absolute atomic E-state index is 5.18. The first-order chi connectivity index (χ1) is 13.8. The van der Waals surface area contributed by atoms with Gasteiger partial charge in [0.2, 0.25) is 0 Å². The van der Waals surface area contributed by atoms with Gasteiger partial charge in [-0.15, -0.1) is 0 Å². The van der Waals surface area contributed by atoms with Crippen LogP contribution in [0.4, 0.5) is 5.69 Å². The molecule has 2 aromatic rings. The van der Waals surface area contributed by atoms with E-state index in [0.717, 1.165) is 17.0 Å². The van der Waals surface area contributed by atoms with Gasteiger partial charge in [-0.3, -0.25) is 4.99 Å². The van der Waals surface area contributed by atoms with Crippen LogP contribution >= 0.6 is 0 Å². The van der Waals surface area contributed by atoms with Gasteiger partial charge in [-0.1, -0.05) is 76.8 Å². The lowest BCUT2D eigenvalue weighted by molar-refractivity contribution is 0.415. The predicted octanol–water partition coefficient (Wildman–Crippen LogP) is 7.91. The number of benzene rings is 2. The van der Waals surface area contributed by atoms with E-state index < -0.39 is 0 Å². The number of aliphatic imine (C=N–C) groups is 1. The average Bonchev–Trinajstić information content (AvgIpc) is 2.75. The second-order valence-electron chi connectivity index (χ2n) is 7.63. The van der Waals surface area contributed by atoms with Gasteiger partial charge in [-0.25, -0.2) is 0 Å². The molecule has 152 valence electrons. The topological polar surface area (TPSA) is 21.6 Å². The molecule has 0 spiro atoms. The minimum Gasteiger partial charge on any atom is -0.497 e. The summed E-state index contributed by atoms with van der Waals surface area (Å²) < 4.78 is 5.18. The molecule has 2 aromatic carbocycles. The minimum absolute atomic E-state index is 0.869. The molecular weight excluding hydrogens is 342 g/mol. The zero-order valence-electron chi connectivity index (χ0n) is 17.8. The van der Waals surface area contributed by atoms with Crippen LogP contribution in [0.5, 0.6) is 5.75 Å². The van der Waals surface area contributed by atoms with Crippen molar-refractivity contribution in [3.63, 3.8) is 0 Å². The molecule has 0 bridgehead atoms. The second-order valence-corrected chi connectivity index (χ2v) is 7.63. The minimum atomic E-state index is 0.869. The van der Waals surface area contributed by atoms with E-state index in [1.54, 1.807) is 7.11 Å². The monoisotopic (exact) mass is 379 g/mol. The number of unbranched alkanes of at least 4 members (excludes halogenated alkanes) is 9. The fourth-order valence-corrected chi connectivity index (χ4v) is 3.40. The van der Waals surface area contributed by atoms with Crippen molar-refractivity contribution in [1.29, 1.82) is 0 Å². The molecule has 0 aliphatic rings. The summed E-state index contributed by atoms with van der Waals surface area (Å²) in [5.41, 5.74) is 3.50. The lowest BCUT2D eigenvalue weighted by Crippen LogP contribution is -1.87. The van der Waals surface area contributed by atoms with Crippen LogP contribution in [0.1, 0.15) is 82.3 Å². The lowest BCUT2D eigenvalue weighted by Gasteiger charge is -2.04. The molecule has 28 heavy (non-hydrogen) atoms. The largest absolute Gasteiger partial charge is 0.497 e. The van der Waals surface area contributed by atoms with Crippen molar-refractivity contribution in [3.05, 3.63) is 59.7 Å². The molecule has 0 heterocycles. The molecule has 0 aromatic heterocycles. The summed E-state index contributed by atoms with van der Waals surface area (Å²) in [7, 11) is 1.68. The standard InChI is InChI=1S/C26H37NO/c1-3-4-5-6-7-8-9-10-11-12-13-23-14-18-25(19-15-23)27-22-24-16-20-26(28-2)21-17-24/h14-22H,3-13H2,1-2H3. The van der Waals surface area contributed by atoms with Gasteiger partial charge in [-0.2, -0.15) is 0 Å². The van der Waals surface area contributed by atoms with E-state index in [-0.39, 0.29) is 0 Å². The van der Waals surface area contributed by atoms with Crippen LogP contribution in [-0.4, -0.2) is 13.3 Å². The first-order valence-electron chi connectivity index (χ1n) is 11.1. The molecule has 0 amide bonds. The van der Waals surface area contributed by atoms with Crippen LogP contribution in [0, 0.1) is 0 Å². The maximum Gasteiger partial charge on any atom is 0.118 e. The predicted molar refractivity (Wildman–Crippen MR) is 122 cm³/mol. The molecule has 2 rings (SSSR count). The van der Waals surface area contributed by atoms with Crippen molar-refractivity contribution < 1.29 is 4.74 Å². The van der Waals surface area contributed by atoms with E-state index in [0.29, 0.717) is 0 Å². The van der Waals surface area contributed by atoms with Gasteiger partial charge < -0.3 is 4.74 Å². The smallest absolute Gasteiger partial charge is 0.118 e. The summed E-state index contributed by atoms with van der Waals surface area (Å²) >= 11 is 0. The molecule has 0 radical (unpaired) electrons. The number of aryl methyl sites for hydroxylation is 1. The number of ether oxygens (including phenoxy) is 1. The van der Waals surface area contributed by atoms with E-state index in [1.807, 2.05) is 30.5 Å². The highest BCUT2D eigenvalue weighted by Gasteiger charge is 1.97. The first kappa shape index (κ1) is 22.2. The Hall–Kier alpha value is -2.09. The Labute approximate surface area is 172 Å². The highest BCUT2D eigenvalue weighted by atomic mass is 16.5. The van der Waals surface area contributed by atoms with Crippen LogP contribution in [0.15, 0.2) is 53.5 Å². The second kappa shape index (κ2) is 14.0. The lowest BCUT2D eigenvalue weighted by atomic mass is 10.0. The zero-order valence-corrected chi connectivity index (χ0v) is 17.8. The van der Waals surface area contributed by atoms with Gasteiger partial charge in [-0.05, 0) is 60.4 Å². The van der Waals surface area contributed by atoms with Crippen LogP contribution in [0.25, 0.3) is 0 Å². The zero-order chi connectivity index (χ0) is 19.9. The molecule has 0 unspecified atom stereocenters. The Balaban J connectivity index is 1.60. The summed E-state index contributed by atoms with van der Waals surface area (Å²) in [4.78, 5) is 4.56. The number of hydrogen-bond acceptors (Lipinski definition) is 2. The molecule has 0 aliphatic heterocycles. The third kappa shape index (κ3) is 9.21. The van der Waals surface area contributed by atoms with E-state index in [2.05, 4.69) is 36.2 Å². The van der Waals surface area contributed by atoms with Crippen LogP contribution in [0.2, 0.25) is 0 Å². The Bertz CT molecular complexity index is 658. The average molecular weight is 380 g/mol. The van der Waals surface area contributed by atoms with Gasteiger partial charge in [0, 0.05) is 6.21 Å². The van der Waals surface area contributed by atoms with Crippen LogP contribution in [-0.2, 0) is 6.42 Å². The molecule has 0 saturated carbocycles. The normalized spacial score (nSPS) is 11.2. The number of methoxy groups -OCH3 is 1. The summed E-state index contributed by atoms with van der Waals surface area (Å²) in [6.45, 7) is 2.28. The van der Waals surface area contributed by atoms with E-state index >= 15 is 0 Å². The molecular formula is C26H37NO. The summed E-state index contributed by atoms with van der Waals surface area (Å²) in [6.07, 6.45) is 17.0. The van der Waals surface area contributed by atoms with Gasteiger partial charge in [0.15, 0.2) is 0 Å². The van der Waals surface area contributed by atoms with Crippen LogP contribution in [0.3, 0.4) is 0 Å². The molecule has 0 fully saturated rings. The van der Waals surface area contributed by atoms with Crippen molar-refractivity contribution in [2.45, 2.75) is 77.6 Å². The number of nitrogens with zero attached hydrogens (tertiary/aromatic N) is 1. The highest BCUT2D eigenvalue weighted by Crippen LogP contribution is 2.17. The van der Waals surface area contributed by atoms with Crippen LogP contribution < -0.4 is 4.74 Å². The molecule has 2 nitrogen and oxygen atoms in total. The Morgan fingerprint density at radius 1 is 0.714 bits per heavy atom. The maximum atomic E-state index is 5.18. The Morgan fingerprint density at radius 2 is 1.29 bits per heavy atom. The van der Waals surface area contributed by atoms with Crippen molar-refractivity contribution >= 4 is 11.9 Å². The highest BCUT2D eigenvalue weighted by molar-refractivity contribution is 5.82. The van der Waals surface area contributed by atoms with Gasteiger partial charge in [0.05, 0.1) is 12.8 Å². The molecule has 0 atom stereocenters. The molecule has 0 N–H and O–H groups in total. The van der Waals surface area contributed by atoms with Crippen molar-refractivity contribution in [1.82, 2.24) is 0 Å². The van der Waals surface area contributed by atoms with Gasteiger partial charge >= 0.3 is 0 Å². The third-order valence-corrected chi connectivity index (χ3v) is 5.23. The fraction of sp³-hybridized carbons (Fsp3) is 0.500. The van der Waals surface area contributed by atoms with Crippen molar-refractivity contribution in [3.8, 4) is 5.75 Å². The van der Waals surface area contributed by atoms with E-state index in [1.165, 1.54) is 76.2 Å². The fourth-order valence-electron chi connectivity index (χ4n) is 3.40. The molecule has 2 heteroatoms. The SMILES string of the molecule is CCCCCCCCCCCCc1ccc(N=Cc2ccc(OC)cc2)cc1. The first-order valence-corrected chi connectivity index (χ1v) is 11.1. The number of rotatable bonds is 14. The van der Waals surface area contributed by atoms with Crippen molar-refractivity contribution in [2.75, 3.05) is 7.11 Å². The summed E-state index contributed by atoms with van der Waals surface area (Å²) in [6, 6.07) is 16.6.